The molecule has 0 saturated carbocycles. The van der Waals surface area contributed by atoms with E-state index in [2.05, 4.69) is 5.32 Å². The van der Waals surface area contributed by atoms with Crippen molar-refractivity contribution in [1.29, 1.82) is 0 Å². The van der Waals surface area contributed by atoms with Gasteiger partial charge in [0, 0.05) is 51.0 Å². The lowest BCUT2D eigenvalue weighted by Crippen LogP contribution is -2.51. The molecule has 2 N–H and O–H groups in total. The Morgan fingerprint density at radius 3 is 2.43 bits per heavy atom. The summed E-state index contributed by atoms with van der Waals surface area (Å²) in [4.78, 5) is 3.54. The van der Waals surface area contributed by atoms with Crippen LogP contribution in [0.25, 0.3) is 0 Å². The molecule has 1 atom stereocenters. The van der Waals surface area contributed by atoms with E-state index in [9.17, 15) is 8.78 Å². The van der Waals surface area contributed by atoms with Crippen LogP contribution in [-0.4, -0.2) is 62.8 Å². The van der Waals surface area contributed by atoms with Crippen LogP contribution in [0.4, 0.5) is 14.5 Å². The highest BCUT2D eigenvalue weighted by atomic mass is 35.5. The number of nitrogens with zero attached hydrogens (tertiary/aromatic N) is 2. The van der Waals surface area contributed by atoms with Crippen LogP contribution < -0.4 is 10.2 Å². The zero-order valence-electron chi connectivity index (χ0n) is 13.2. The summed E-state index contributed by atoms with van der Waals surface area (Å²) >= 11 is 6.27. The largest absolute Gasteiger partial charge is 0.390 e. The fraction of sp³-hybridized carbons (Fsp3) is 0.600. The van der Waals surface area contributed by atoms with Crippen molar-refractivity contribution in [2.45, 2.75) is 12.0 Å². The Hall–Kier alpha value is -0.660. The molecule has 1 fully saturated rings. The van der Waals surface area contributed by atoms with E-state index in [1.54, 1.807) is 23.1 Å². The van der Waals surface area contributed by atoms with E-state index in [1.165, 1.54) is 0 Å². The van der Waals surface area contributed by atoms with Crippen molar-refractivity contribution in [2.24, 2.45) is 0 Å². The van der Waals surface area contributed by atoms with E-state index < -0.39 is 18.6 Å². The topological polar surface area (TPSA) is 38.7 Å². The molecule has 0 aromatic heterocycles. The Bertz CT molecular complexity index is 511. The number of alkyl halides is 2. The van der Waals surface area contributed by atoms with Crippen molar-refractivity contribution in [3.63, 3.8) is 0 Å². The van der Waals surface area contributed by atoms with Crippen molar-refractivity contribution in [3.8, 4) is 0 Å². The maximum absolute atomic E-state index is 14.3. The Labute approximate surface area is 146 Å². The van der Waals surface area contributed by atoms with Gasteiger partial charge in [0.15, 0.2) is 0 Å². The first kappa shape index (κ1) is 20.4. The zero-order chi connectivity index (χ0) is 16.3. The van der Waals surface area contributed by atoms with Crippen molar-refractivity contribution >= 4 is 29.7 Å². The Morgan fingerprint density at radius 1 is 1.35 bits per heavy atom. The molecule has 1 saturated heterocycles. The highest BCUT2D eigenvalue weighted by Crippen LogP contribution is 2.40. The fourth-order valence-electron chi connectivity index (χ4n) is 2.73. The van der Waals surface area contributed by atoms with Crippen LogP contribution in [0, 0.1) is 0 Å². The summed E-state index contributed by atoms with van der Waals surface area (Å²) in [5.41, 5.74) is 1.20. The van der Waals surface area contributed by atoms with Gasteiger partial charge in [0.05, 0.1) is 0 Å². The molecule has 1 heterocycles. The van der Waals surface area contributed by atoms with Crippen molar-refractivity contribution in [3.05, 3.63) is 28.8 Å². The quantitative estimate of drug-likeness (QED) is 0.835. The molecule has 0 unspecified atom stereocenters. The van der Waals surface area contributed by atoms with Crippen molar-refractivity contribution in [1.82, 2.24) is 10.2 Å². The summed E-state index contributed by atoms with van der Waals surface area (Å²) in [6, 6.07) is 3.86. The number of rotatable bonds is 5. The van der Waals surface area contributed by atoms with E-state index in [0.717, 1.165) is 5.69 Å². The highest BCUT2D eigenvalue weighted by Gasteiger charge is 2.44. The molecule has 0 aliphatic carbocycles. The Morgan fingerprint density at radius 2 is 1.96 bits per heavy atom. The van der Waals surface area contributed by atoms with Crippen LogP contribution in [0.2, 0.25) is 5.02 Å². The monoisotopic (exact) mass is 369 g/mol. The van der Waals surface area contributed by atoms with Gasteiger partial charge in [-0.2, -0.15) is 0 Å². The number of hydrogen-bond acceptors (Lipinski definition) is 4. The number of anilines is 1. The summed E-state index contributed by atoms with van der Waals surface area (Å²) in [5, 5.41) is 12.6. The first-order valence-corrected chi connectivity index (χ1v) is 7.65. The zero-order valence-corrected chi connectivity index (χ0v) is 14.8. The predicted molar refractivity (Wildman–Crippen MR) is 92.2 cm³/mol. The molecule has 0 amide bonds. The molecular weight excluding hydrogens is 347 g/mol. The lowest BCUT2D eigenvalue weighted by molar-refractivity contribution is -0.118. The lowest BCUT2D eigenvalue weighted by atomic mass is 9.97. The van der Waals surface area contributed by atoms with Crippen LogP contribution in [0.1, 0.15) is 11.6 Å². The normalized spacial score (nSPS) is 17.5. The summed E-state index contributed by atoms with van der Waals surface area (Å²) in [6.07, 6.45) is 0. The SMILES string of the molecule is CN(C)c1ccc([C@@H](N2CCNCC2)C(F)(F)CO)c(Cl)c1.Cl. The first-order chi connectivity index (χ1) is 10.4. The summed E-state index contributed by atoms with van der Waals surface area (Å²) < 4.78 is 28.7. The average molecular weight is 370 g/mol. The third kappa shape index (κ3) is 4.67. The average Bonchev–Trinajstić information content (AvgIpc) is 2.50. The third-order valence-electron chi connectivity index (χ3n) is 3.92. The van der Waals surface area contributed by atoms with E-state index in [1.807, 2.05) is 19.0 Å². The van der Waals surface area contributed by atoms with Gasteiger partial charge in [0.1, 0.15) is 12.6 Å². The molecule has 0 radical (unpaired) electrons. The number of halogens is 4. The molecule has 1 aromatic rings. The van der Waals surface area contributed by atoms with E-state index in [4.69, 9.17) is 16.7 Å². The van der Waals surface area contributed by atoms with Crippen molar-refractivity contribution in [2.75, 3.05) is 51.8 Å². The van der Waals surface area contributed by atoms with Gasteiger partial charge < -0.3 is 15.3 Å². The minimum absolute atomic E-state index is 0. The molecule has 132 valence electrons. The smallest absolute Gasteiger partial charge is 0.289 e. The third-order valence-corrected chi connectivity index (χ3v) is 4.25. The van der Waals surface area contributed by atoms with Gasteiger partial charge in [0.2, 0.25) is 0 Å². The van der Waals surface area contributed by atoms with Gasteiger partial charge in [0.25, 0.3) is 5.92 Å². The van der Waals surface area contributed by atoms with Gasteiger partial charge in [-0.3, -0.25) is 4.90 Å². The Balaban J connectivity index is 0.00000264. The number of nitrogens with one attached hydrogen (secondary N) is 1. The predicted octanol–water partition coefficient (Wildman–Crippen LogP) is 2.40. The lowest BCUT2D eigenvalue weighted by Gasteiger charge is -2.39. The highest BCUT2D eigenvalue weighted by molar-refractivity contribution is 6.31. The van der Waals surface area contributed by atoms with E-state index in [-0.39, 0.29) is 12.4 Å². The molecular formula is C15H23Cl2F2N3O. The summed E-state index contributed by atoms with van der Waals surface area (Å²) in [5.74, 6) is -3.25. The number of aliphatic hydroxyl groups is 1. The van der Waals surface area contributed by atoms with Gasteiger partial charge >= 0.3 is 0 Å². The second-order valence-corrected chi connectivity index (χ2v) is 6.12. The summed E-state index contributed by atoms with van der Waals surface area (Å²) in [7, 11) is 3.73. The number of hydrogen-bond donors (Lipinski definition) is 2. The van der Waals surface area contributed by atoms with Gasteiger partial charge in [-0.25, -0.2) is 8.78 Å². The standard InChI is InChI=1S/C15H22ClF2N3O.ClH/c1-20(2)11-3-4-12(13(16)9-11)14(15(17,18)10-22)21-7-5-19-6-8-21;/h3-4,9,14,19,22H,5-8,10H2,1-2H3;1H/t14-;/m1./s1. The van der Waals surface area contributed by atoms with Crippen LogP contribution in [-0.2, 0) is 0 Å². The molecule has 0 bridgehead atoms. The second-order valence-electron chi connectivity index (χ2n) is 5.71. The van der Waals surface area contributed by atoms with Gasteiger partial charge in [-0.05, 0) is 17.7 Å². The fourth-order valence-corrected chi connectivity index (χ4v) is 3.01. The molecule has 0 spiro atoms. The molecule has 1 aromatic carbocycles. The van der Waals surface area contributed by atoms with E-state index >= 15 is 0 Å². The van der Waals surface area contributed by atoms with Crippen LogP contribution in [0.5, 0.6) is 0 Å². The molecule has 2 rings (SSSR count). The van der Waals surface area contributed by atoms with Crippen LogP contribution in [0.15, 0.2) is 18.2 Å². The van der Waals surface area contributed by atoms with Gasteiger partial charge in [-0.15, -0.1) is 12.4 Å². The molecule has 1 aliphatic rings. The van der Waals surface area contributed by atoms with Gasteiger partial charge in [-0.1, -0.05) is 17.7 Å². The van der Waals surface area contributed by atoms with E-state index in [0.29, 0.717) is 36.8 Å². The maximum Gasteiger partial charge on any atom is 0.289 e. The molecule has 1 aliphatic heterocycles. The molecule has 4 nitrogen and oxygen atoms in total. The second kappa shape index (κ2) is 8.44. The maximum atomic E-state index is 14.3. The van der Waals surface area contributed by atoms with Crippen molar-refractivity contribution < 1.29 is 13.9 Å². The van der Waals surface area contributed by atoms with Crippen LogP contribution in [0.3, 0.4) is 0 Å². The number of aliphatic hydroxyl groups excluding tert-OH is 1. The molecule has 8 heteroatoms. The minimum atomic E-state index is -3.25. The number of piperazine rings is 1. The summed E-state index contributed by atoms with van der Waals surface area (Å²) in [6.45, 7) is 1.07. The van der Waals surface area contributed by atoms with Crippen LogP contribution >= 0.6 is 24.0 Å². The minimum Gasteiger partial charge on any atom is -0.390 e. The first-order valence-electron chi connectivity index (χ1n) is 7.27. The number of benzene rings is 1. The Kier molecular flexibility index (Phi) is 7.48. The molecule has 23 heavy (non-hydrogen) atoms.